The monoisotopic (exact) mass is 188 g/mol. The second kappa shape index (κ2) is 4.05. The van der Waals surface area contributed by atoms with Crippen LogP contribution in [0.5, 0.6) is 0 Å². The molecule has 1 heterocycles. The van der Waals surface area contributed by atoms with E-state index < -0.39 is 0 Å². The molecule has 70 valence electrons. The summed E-state index contributed by atoms with van der Waals surface area (Å²) in [5, 5.41) is 6.67. The fourth-order valence-electron chi connectivity index (χ4n) is 1.33. The van der Waals surface area contributed by atoms with Crippen molar-refractivity contribution in [1.82, 2.24) is 10.6 Å². The number of nitrogens with one attached hydrogen (secondary N) is 2. The Balaban J connectivity index is 2.25. The van der Waals surface area contributed by atoms with Crippen LogP contribution in [0, 0.1) is 0 Å². The van der Waals surface area contributed by atoms with Crippen LogP contribution in [0.3, 0.4) is 0 Å². The van der Waals surface area contributed by atoms with Gasteiger partial charge in [0.1, 0.15) is 0 Å². The third kappa shape index (κ3) is 2.60. The highest BCUT2D eigenvalue weighted by molar-refractivity contribution is 7.80. The molecule has 0 bridgehead atoms. The zero-order valence-corrected chi connectivity index (χ0v) is 8.46. The summed E-state index contributed by atoms with van der Waals surface area (Å²) < 4.78 is 5.59. The van der Waals surface area contributed by atoms with Crippen molar-refractivity contribution in [2.75, 3.05) is 20.2 Å². The summed E-state index contributed by atoms with van der Waals surface area (Å²) in [6, 6.07) is 0. The highest BCUT2D eigenvalue weighted by atomic mass is 32.1. The van der Waals surface area contributed by atoms with Crippen molar-refractivity contribution < 1.29 is 4.74 Å². The summed E-state index contributed by atoms with van der Waals surface area (Å²) >= 11 is 4.96. The lowest BCUT2D eigenvalue weighted by Gasteiger charge is -2.23. The lowest BCUT2D eigenvalue weighted by Crippen LogP contribution is -2.43. The Morgan fingerprint density at radius 3 is 2.92 bits per heavy atom. The molecule has 1 rings (SSSR count). The van der Waals surface area contributed by atoms with Gasteiger partial charge in [0.25, 0.3) is 0 Å². The highest BCUT2D eigenvalue weighted by Crippen LogP contribution is 2.23. The number of hydrogen-bond donors (Lipinski definition) is 2. The van der Waals surface area contributed by atoms with E-state index in [1.165, 1.54) is 0 Å². The number of thiocarbonyl (C=S) groups is 1. The molecule has 1 atom stereocenters. The minimum absolute atomic E-state index is 0.0130. The summed E-state index contributed by atoms with van der Waals surface area (Å²) in [4.78, 5) is 0. The molecule has 1 aliphatic rings. The maximum Gasteiger partial charge on any atom is 0.166 e. The number of rotatable bonds is 2. The second-order valence-corrected chi connectivity index (χ2v) is 3.74. The molecule has 1 aliphatic heterocycles. The Labute approximate surface area is 78.9 Å². The Hall–Kier alpha value is -0.350. The Bertz CT molecular complexity index is 166. The van der Waals surface area contributed by atoms with Crippen LogP contribution in [0.2, 0.25) is 0 Å². The molecule has 0 aromatic heterocycles. The van der Waals surface area contributed by atoms with Gasteiger partial charge in [-0.1, -0.05) is 0 Å². The molecule has 12 heavy (non-hydrogen) atoms. The Kier molecular flexibility index (Phi) is 3.29. The van der Waals surface area contributed by atoms with Crippen molar-refractivity contribution in [2.45, 2.75) is 25.4 Å². The van der Waals surface area contributed by atoms with E-state index in [4.69, 9.17) is 17.0 Å². The molecule has 0 radical (unpaired) electrons. The van der Waals surface area contributed by atoms with Crippen LogP contribution in [0.25, 0.3) is 0 Å². The van der Waals surface area contributed by atoms with Gasteiger partial charge >= 0.3 is 0 Å². The van der Waals surface area contributed by atoms with E-state index in [-0.39, 0.29) is 5.60 Å². The lowest BCUT2D eigenvalue weighted by molar-refractivity contribution is 0.0244. The first-order valence-electron chi connectivity index (χ1n) is 4.26. The normalized spacial score (nSPS) is 28.5. The van der Waals surface area contributed by atoms with E-state index in [9.17, 15) is 0 Å². The molecule has 0 amide bonds. The predicted molar refractivity (Wildman–Crippen MR) is 53.3 cm³/mol. The average molecular weight is 188 g/mol. The van der Waals surface area contributed by atoms with Crippen molar-refractivity contribution in [3.05, 3.63) is 0 Å². The summed E-state index contributed by atoms with van der Waals surface area (Å²) in [6.07, 6.45) is 2.27. The van der Waals surface area contributed by atoms with Gasteiger partial charge in [-0.05, 0) is 32.0 Å². The predicted octanol–water partition coefficient (Wildman–Crippen LogP) is 0.649. The lowest BCUT2D eigenvalue weighted by atomic mass is 10.0. The smallest absolute Gasteiger partial charge is 0.166 e. The molecule has 0 saturated carbocycles. The molecule has 0 spiro atoms. The van der Waals surface area contributed by atoms with Crippen LogP contribution in [-0.4, -0.2) is 30.9 Å². The summed E-state index contributed by atoms with van der Waals surface area (Å²) in [5.41, 5.74) is -0.0130. The molecule has 2 N–H and O–H groups in total. The van der Waals surface area contributed by atoms with Crippen LogP contribution in [0.1, 0.15) is 19.8 Å². The van der Waals surface area contributed by atoms with Crippen molar-refractivity contribution >= 4 is 17.3 Å². The molecule has 1 saturated heterocycles. The van der Waals surface area contributed by atoms with Crippen molar-refractivity contribution in [3.63, 3.8) is 0 Å². The van der Waals surface area contributed by atoms with E-state index in [1.54, 1.807) is 0 Å². The van der Waals surface area contributed by atoms with Gasteiger partial charge in [-0.2, -0.15) is 0 Å². The minimum atomic E-state index is -0.0130. The van der Waals surface area contributed by atoms with Gasteiger partial charge in [-0.3, -0.25) is 0 Å². The summed E-state index contributed by atoms with van der Waals surface area (Å²) in [5.74, 6) is 0. The van der Waals surface area contributed by atoms with Crippen LogP contribution < -0.4 is 10.6 Å². The zero-order chi connectivity index (χ0) is 9.03. The van der Waals surface area contributed by atoms with Gasteiger partial charge in [0.15, 0.2) is 5.11 Å². The first-order chi connectivity index (χ1) is 5.66. The van der Waals surface area contributed by atoms with Crippen molar-refractivity contribution in [1.29, 1.82) is 0 Å². The quantitative estimate of drug-likeness (QED) is 0.623. The summed E-state index contributed by atoms with van der Waals surface area (Å²) in [7, 11) is 1.81. The average Bonchev–Trinajstić information content (AvgIpc) is 2.49. The van der Waals surface area contributed by atoms with Gasteiger partial charge in [-0.15, -0.1) is 0 Å². The van der Waals surface area contributed by atoms with E-state index in [0.717, 1.165) is 26.0 Å². The van der Waals surface area contributed by atoms with E-state index in [1.807, 2.05) is 7.05 Å². The molecule has 0 aromatic carbocycles. The molecule has 3 nitrogen and oxygen atoms in total. The first kappa shape index (κ1) is 9.74. The largest absolute Gasteiger partial charge is 0.373 e. The molecule has 1 fully saturated rings. The third-order valence-corrected chi connectivity index (χ3v) is 2.50. The summed E-state index contributed by atoms with van der Waals surface area (Å²) in [6.45, 7) is 3.79. The Morgan fingerprint density at radius 1 is 1.67 bits per heavy atom. The van der Waals surface area contributed by atoms with Gasteiger partial charge in [0, 0.05) is 20.2 Å². The van der Waals surface area contributed by atoms with E-state index in [0.29, 0.717) is 5.11 Å². The number of hydrogen-bond acceptors (Lipinski definition) is 2. The van der Waals surface area contributed by atoms with Crippen LogP contribution in [0.4, 0.5) is 0 Å². The van der Waals surface area contributed by atoms with Gasteiger partial charge in [0.05, 0.1) is 5.60 Å². The minimum Gasteiger partial charge on any atom is -0.373 e. The van der Waals surface area contributed by atoms with Gasteiger partial charge in [-0.25, -0.2) is 0 Å². The van der Waals surface area contributed by atoms with E-state index >= 15 is 0 Å². The van der Waals surface area contributed by atoms with E-state index in [2.05, 4.69) is 17.6 Å². The maximum absolute atomic E-state index is 5.59. The fourth-order valence-corrected chi connectivity index (χ4v) is 1.40. The van der Waals surface area contributed by atoms with Crippen molar-refractivity contribution in [2.24, 2.45) is 0 Å². The van der Waals surface area contributed by atoms with Crippen LogP contribution in [0.15, 0.2) is 0 Å². The zero-order valence-electron chi connectivity index (χ0n) is 7.64. The highest BCUT2D eigenvalue weighted by Gasteiger charge is 2.29. The maximum atomic E-state index is 5.59. The molecule has 4 heteroatoms. The molecule has 0 aromatic rings. The first-order valence-corrected chi connectivity index (χ1v) is 4.67. The standard InChI is InChI=1S/C8H16N2OS/c1-8(4-3-5-11-8)6-10-7(12)9-2/h3-6H2,1-2H3,(H2,9,10,12). The molecule has 1 unspecified atom stereocenters. The third-order valence-electron chi connectivity index (χ3n) is 2.15. The van der Waals surface area contributed by atoms with Crippen molar-refractivity contribution in [3.8, 4) is 0 Å². The molecular formula is C8H16N2OS. The van der Waals surface area contributed by atoms with Gasteiger partial charge in [0.2, 0.25) is 0 Å². The second-order valence-electron chi connectivity index (χ2n) is 3.33. The van der Waals surface area contributed by atoms with Crippen LogP contribution in [-0.2, 0) is 4.74 Å². The molecule has 0 aliphatic carbocycles. The number of ether oxygens (including phenoxy) is 1. The van der Waals surface area contributed by atoms with Gasteiger partial charge < -0.3 is 15.4 Å². The van der Waals surface area contributed by atoms with Crippen LogP contribution >= 0.6 is 12.2 Å². The fraction of sp³-hybridized carbons (Fsp3) is 0.875. The SMILES string of the molecule is CNC(=S)NCC1(C)CCCO1. The Morgan fingerprint density at radius 2 is 2.42 bits per heavy atom. The molecular weight excluding hydrogens is 172 g/mol. The topological polar surface area (TPSA) is 33.3 Å².